The minimum absolute atomic E-state index is 0. The Morgan fingerprint density at radius 3 is 2.79 bits per heavy atom. The number of benzene rings is 1. The van der Waals surface area contributed by atoms with E-state index in [0.717, 1.165) is 60.5 Å². The molecule has 4 heterocycles. The number of hydrogen-bond donors (Lipinski definition) is 3. The van der Waals surface area contributed by atoms with E-state index in [-0.39, 0.29) is 7.33 Å². The van der Waals surface area contributed by atoms with Gasteiger partial charge in [-0.2, -0.15) is 0 Å². The van der Waals surface area contributed by atoms with Gasteiger partial charge < -0.3 is 20.5 Å². The molecule has 0 spiro atoms. The summed E-state index contributed by atoms with van der Waals surface area (Å²) in [5.74, 6) is 1.16. The van der Waals surface area contributed by atoms with Crippen LogP contribution in [0, 0.1) is 0 Å². The zero-order valence-corrected chi connectivity index (χ0v) is 18.9. The van der Waals surface area contributed by atoms with Crippen molar-refractivity contribution in [1.82, 2.24) is 30.8 Å². The molecule has 9 nitrogen and oxygen atoms in total. The van der Waals surface area contributed by atoms with Crippen molar-refractivity contribution in [3.8, 4) is 0 Å². The van der Waals surface area contributed by atoms with E-state index in [1.165, 1.54) is 0 Å². The van der Waals surface area contributed by atoms with Gasteiger partial charge in [-0.25, -0.2) is 9.97 Å². The predicted molar refractivity (Wildman–Crippen MR) is 132 cm³/mol. The highest BCUT2D eigenvalue weighted by Gasteiger charge is 2.16. The molecule has 0 radical (unpaired) electrons. The molecule has 2 aliphatic heterocycles. The standard InChI is InChI=1S/C24H28N8O.H2/c1-30-8-3-9-32(11-10-30)23-14-18(6-7-25-23)24(33)27-22-13-20-12-17(4-5-19(20)15-26-22)21-16-31(2)29-28-21;/h4-7,12-16,28-29H,3,8-11H2,1-2H3,(H,26,27,33);1H. The summed E-state index contributed by atoms with van der Waals surface area (Å²) >= 11 is 0. The number of carbonyl (C=O) groups is 1. The Hall–Kier alpha value is -3.69. The number of hydrazine groups is 2. The molecule has 1 fully saturated rings. The monoisotopic (exact) mass is 446 g/mol. The van der Waals surface area contributed by atoms with E-state index < -0.39 is 0 Å². The van der Waals surface area contributed by atoms with Crippen LogP contribution in [0.3, 0.4) is 0 Å². The van der Waals surface area contributed by atoms with Crippen molar-refractivity contribution in [2.75, 3.05) is 50.5 Å². The summed E-state index contributed by atoms with van der Waals surface area (Å²) in [6, 6.07) is 11.6. The SMILES string of the molecule is CN1CCCN(c2cc(C(=O)Nc3cc4cc(C5=CN(C)NN5)ccc4cn3)ccn2)CC1.[HH]. The fraction of sp³-hybridized carbons (Fsp3) is 0.292. The number of fused-ring (bicyclic) bond motifs is 1. The summed E-state index contributed by atoms with van der Waals surface area (Å²) in [7, 11) is 4.06. The zero-order chi connectivity index (χ0) is 22.8. The average molecular weight is 447 g/mol. The van der Waals surface area contributed by atoms with Crippen LogP contribution in [-0.4, -0.2) is 66.1 Å². The number of nitrogens with one attached hydrogen (secondary N) is 3. The number of aromatic nitrogens is 2. The Morgan fingerprint density at radius 2 is 1.94 bits per heavy atom. The quantitative estimate of drug-likeness (QED) is 0.564. The number of amides is 1. The lowest BCUT2D eigenvalue weighted by molar-refractivity contribution is 0.102. The molecule has 0 unspecified atom stereocenters. The molecule has 3 N–H and O–H groups in total. The summed E-state index contributed by atoms with van der Waals surface area (Å²) in [6.45, 7) is 3.90. The van der Waals surface area contributed by atoms with Crippen molar-refractivity contribution >= 4 is 34.0 Å². The lowest BCUT2D eigenvalue weighted by atomic mass is 10.1. The van der Waals surface area contributed by atoms with Gasteiger partial charge >= 0.3 is 0 Å². The van der Waals surface area contributed by atoms with Crippen molar-refractivity contribution in [2.45, 2.75) is 6.42 Å². The largest absolute Gasteiger partial charge is 0.355 e. The van der Waals surface area contributed by atoms with Gasteiger partial charge in [0.1, 0.15) is 11.6 Å². The maximum Gasteiger partial charge on any atom is 0.257 e. The first-order chi connectivity index (χ1) is 16.0. The average Bonchev–Trinajstić information content (AvgIpc) is 3.15. The topological polar surface area (TPSA) is 88.7 Å². The molecule has 33 heavy (non-hydrogen) atoms. The van der Waals surface area contributed by atoms with Crippen molar-refractivity contribution in [3.63, 3.8) is 0 Å². The molecule has 0 atom stereocenters. The molecule has 0 bridgehead atoms. The molecule has 172 valence electrons. The van der Waals surface area contributed by atoms with Gasteiger partial charge in [0, 0.05) is 63.2 Å². The first kappa shape index (κ1) is 21.2. The lowest BCUT2D eigenvalue weighted by Crippen LogP contribution is -2.33. The van der Waals surface area contributed by atoms with Crippen molar-refractivity contribution in [2.24, 2.45) is 0 Å². The normalized spacial score (nSPS) is 17.0. The number of pyridine rings is 2. The maximum absolute atomic E-state index is 13.0. The molecule has 1 amide bonds. The van der Waals surface area contributed by atoms with Gasteiger partial charge in [-0.1, -0.05) is 12.1 Å². The van der Waals surface area contributed by atoms with Crippen LogP contribution in [-0.2, 0) is 0 Å². The fourth-order valence-electron chi connectivity index (χ4n) is 4.13. The summed E-state index contributed by atoms with van der Waals surface area (Å²) < 4.78 is 0. The Labute approximate surface area is 194 Å². The molecular formula is C24H30N8O. The van der Waals surface area contributed by atoms with Crippen LogP contribution in [0.15, 0.2) is 55.0 Å². The van der Waals surface area contributed by atoms with E-state index in [0.29, 0.717) is 11.4 Å². The third kappa shape index (κ3) is 4.74. The summed E-state index contributed by atoms with van der Waals surface area (Å²) in [6.07, 6.45) is 6.54. The molecule has 2 aromatic heterocycles. The Kier molecular flexibility index (Phi) is 5.80. The third-order valence-electron chi connectivity index (χ3n) is 6.02. The van der Waals surface area contributed by atoms with E-state index >= 15 is 0 Å². The van der Waals surface area contributed by atoms with E-state index in [1.54, 1.807) is 18.5 Å². The van der Waals surface area contributed by atoms with Gasteiger partial charge in [0.15, 0.2) is 0 Å². The number of nitrogens with zero attached hydrogens (tertiary/aromatic N) is 5. The van der Waals surface area contributed by atoms with Gasteiger partial charge in [-0.15, -0.1) is 5.53 Å². The van der Waals surface area contributed by atoms with Gasteiger partial charge in [-0.05, 0) is 49.7 Å². The Balaban J connectivity index is 0.00000274. The Bertz CT molecular complexity index is 1220. The molecular weight excluding hydrogens is 416 g/mol. The maximum atomic E-state index is 13.0. The molecule has 1 saturated heterocycles. The van der Waals surface area contributed by atoms with Crippen LogP contribution in [0.25, 0.3) is 16.5 Å². The highest BCUT2D eigenvalue weighted by atomic mass is 16.1. The molecule has 1 aromatic carbocycles. The zero-order valence-electron chi connectivity index (χ0n) is 18.9. The van der Waals surface area contributed by atoms with Gasteiger partial charge in [-0.3, -0.25) is 9.80 Å². The second kappa shape index (κ2) is 9.05. The van der Waals surface area contributed by atoms with E-state index in [2.05, 4.69) is 49.2 Å². The minimum atomic E-state index is -0.195. The van der Waals surface area contributed by atoms with Crippen LogP contribution in [0.2, 0.25) is 0 Å². The molecule has 0 aliphatic carbocycles. The first-order valence-electron chi connectivity index (χ1n) is 11.1. The summed E-state index contributed by atoms with van der Waals surface area (Å²) in [5, 5.41) is 6.80. The molecule has 3 aromatic rings. The van der Waals surface area contributed by atoms with Gasteiger partial charge in [0.2, 0.25) is 0 Å². The highest BCUT2D eigenvalue weighted by molar-refractivity contribution is 6.05. The number of likely N-dealkylation sites (N-methyl/N-ethyl adjacent to an activating group) is 1. The van der Waals surface area contributed by atoms with Crippen LogP contribution < -0.4 is 21.2 Å². The van der Waals surface area contributed by atoms with Crippen LogP contribution in [0.4, 0.5) is 11.6 Å². The molecule has 0 saturated carbocycles. The smallest absolute Gasteiger partial charge is 0.257 e. The number of hydrogen-bond acceptors (Lipinski definition) is 8. The van der Waals surface area contributed by atoms with Crippen LogP contribution in [0.1, 0.15) is 23.8 Å². The van der Waals surface area contributed by atoms with E-state index in [1.807, 2.05) is 42.5 Å². The van der Waals surface area contributed by atoms with Crippen LogP contribution >= 0.6 is 0 Å². The lowest BCUT2D eigenvalue weighted by Gasteiger charge is -2.21. The molecule has 5 rings (SSSR count). The van der Waals surface area contributed by atoms with Crippen molar-refractivity contribution in [1.29, 1.82) is 0 Å². The fourth-order valence-corrected chi connectivity index (χ4v) is 4.13. The van der Waals surface area contributed by atoms with Crippen molar-refractivity contribution in [3.05, 3.63) is 66.1 Å². The summed E-state index contributed by atoms with van der Waals surface area (Å²) in [4.78, 5) is 26.5. The number of anilines is 2. The first-order valence-corrected chi connectivity index (χ1v) is 11.1. The van der Waals surface area contributed by atoms with E-state index in [9.17, 15) is 4.79 Å². The third-order valence-corrected chi connectivity index (χ3v) is 6.02. The van der Waals surface area contributed by atoms with E-state index in [4.69, 9.17) is 0 Å². The summed E-state index contributed by atoms with van der Waals surface area (Å²) in [5.41, 5.74) is 8.74. The predicted octanol–water partition coefficient (Wildman–Crippen LogP) is 2.52. The number of carbonyl (C=O) groups excluding carboxylic acids is 1. The second-order valence-corrected chi connectivity index (χ2v) is 8.52. The number of rotatable bonds is 4. The molecule has 9 heteroatoms. The minimum Gasteiger partial charge on any atom is -0.355 e. The van der Waals surface area contributed by atoms with Gasteiger partial charge in [0.25, 0.3) is 5.91 Å². The molecule has 2 aliphatic rings. The van der Waals surface area contributed by atoms with Crippen LogP contribution in [0.5, 0.6) is 0 Å². The Morgan fingerprint density at radius 1 is 1.03 bits per heavy atom. The highest BCUT2D eigenvalue weighted by Crippen LogP contribution is 2.23. The second-order valence-electron chi connectivity index (χ2n) is 8.52. The van der Waals surface area contributed by atoms with Crippen molar-refractivity contribution < 1.29 is 6.22 Å². The van der Waals surface area contributed by atoms with Gasteiger partial charge in [0.05, 0.1) is 5.70 Å².